The molecule has 0 aromatic heterocycles. The Bertz CT molecular complexity index is 265. The molecule has 0 aliphatic carbocycles. The second-order valence-corrected chi connectivity index (χ2v) is 4.72. The van der Waals surface area contributed by atoms with Crippen LogP contribution in [0.5, 0.6) is 0 Å². The van der Waals surface area contributed by atoms with E-state index in [-0.39, 0.29) is 25.0 Å². The maximum Gasteiger partial charge on any atom is 0.220 e. The molecule has 0 heterocycles. The van der Waals surface area contributed by atoms with Crippen LogP contribution < -0.4 is 10.6 Å². The Morgan fingerprint density at radius 3 is 2.22 bits per heavy atom. The molecule has 2 amide bonds. The average Bonchev–Trinajstić information content (AvgIpc) is 2.33. The van der Waals surface area contributed by atoms with Gasteiger partial charge < -0.3 is 20.8 Å². The van der Waals surface area contributed by atoms with E-state index in [4.69, 9.17) is 10.2 Å². The number of nitrogens with one attached hydrogen (secondary N) is 2. The SMILES string of the molecule is CC(=O)NCCCCCC(=O)NC(C)(CO)CO. The summed E-state index contributed by atoms with van der Waals surface area (Å²) >= 11 is 0. The van der Waals surface area contributed by atoms with Gasteiger partial charge in [0.25, 0.3) is 0 Å². The van der Waals surface area contributed by atoms with Crippen molar-refractivity contribution in [2.75, 3.05) is 19.8 Å². The molecule has 0 atom stereocenters. The van der Waals surface area contributed by atoms with E-state index in [2.05, 4.69) is 10.6 Å². The van der Waals surface area contributed by atoms with Crippen LogP contribution in [-0.2, 0) is 9.59 Å². The molecule has 0 saturated carbocycles. The van der Waals surface area contributed by atoms with E-state index < -0.39 is 5.54 Å². The third-order valence-electron chi connectivity index (χ3n) is 2.59. The Balaban J connectivity index is 3.62. The van der Waals surface area contributed by atoms with E-state index >= 15 is 0 Å². The Morgan fingerprint density at radius 1 is 1.11 bits per heavy atom. The van der Waals surface area contributed by atoms with Gasteiger partial charge in [-0.2, -0.15) is 0 Å². The van der Waals surface area contributed by atoms with Crippen LogP contribution >= 0.6 is 0 Å². The van der Waals surface area contributed by atoms with E-state index in [1.54, 1.807) is 6.92 Å². The van der Waals surface area contributed by atoms with E-state index in [9.17, 15) is 9.59 Å². The molecule has 0 aromatic rings. The van der Waals surface area contributed by atoms with Gasteiger partial charge in [-0.15, -0.1) is 0 Å². The van der Waals surface area contributed by atoms with Crippen molar-refractivity contribution < 1.29 is 19.8 Å². The Hall–Kier alpha value is -1.14. The number of hydrogen-bond donors (Lipinski definition) is 4. The highest BCUT2D eigenvalue weighted by molar-refractivity contribution is 5.76. The van der Waals surface area contributed by atoms with Crippen LogP contribution in [0.2, 0.25) is 0 Å². The summed E-state index contributed by atoms with van der Waals surface area (Å²) in [6.45, 7) is 3.09. The molecule has 0 bridgehead atoms. The van der Waals surface area contributed by atoms with Gasteiger partial charge in [0.05, 0.1) is 18.8 Å². The fraction of sp³-hybridized carbons (Fsp3) is 0.833. The molecule has 0 fully saturated rings. The lowest BCUT2D eigenvalue weighted by atomic mass is 10.0. The van der Waals surface area contributed by atoms with Crippen LogP contribution in [0.25, 0.3) is 0 Å². The molecule has 0 aromatic carbocycles. The molecule has 6 nitrogen and oxygen atoms in total. The summed E-state index contributed by atoms with van der Waals surface area (Å²) in [6, 6.07) is 0. The zero-order valence-corrected chi connectivity index (χ0v) is 11.2. The molecular formula is C12H24N2O4. The first-order valence-corrected chi connectivity index (χ1v) is 6.20. The minimum atomic E-state index is -0.951. The molecule has 18 heavy (non-hydrogen) atoms. The zero-order chi connectivity index (χ0) is 14.0. The first-order chi connectivity index (χ1) is 8.43. The van der Waals surface area contributed by atoms with Crippen LogP contribution in [0.3, 0.4) is 0 Å². The Kier molecular flexibility index (Phi) is 8.32. The second-order valence-electron chi connectivity index (χ2n) is 4.72. The van der Waals surface area contributed by atoms with E-state index in [1.807, 2.05) is 0 Å². The molecule has 0 rings (SSSR count). The molecule has 4 N–H and O–H groups in total. The van der Waals surface area contributed by atoms with Gasteiger partial charge in [0.1, 0.15) is 0 Å². The molecule has 0 radical (unpaired) electrons. The van der Waals surface area contributed by atoms with E-state index in [0.29, 0.717) is 13.0 Å². The second kappa shape index (κ2) is 8.88. The smallest absolute Gasteiger partial charge is 0.220 e. The van der Waals surface area contributed by atoms with Crippen LogP contribution in [0.15, 0.2) is 0 Å². The number of hydrogen-bond acceptors (Lipinski definition) is 4. The fourth-order valence-corrected chi connectivity index (χ4v) is 1.38. The summed E-state index contributed by atoms with van der Waals surface area (Å²) in [5, 5.41) is 23.3. The molecule has 0 aliphatic rings. The van der Waals surface area contributed by atoms with Gasteiger partial charge in [-0.05, 0) is 19.8 Å². The fourth-order valence-electron chi connectivity index (χ4n) is 1.38. The van der Waals surface area contributed by atoms with Gasteiger partial charge in [0.2, 0.25) is 11.8 Å². The first kappa shape index (κ1) is 16.9. The van der Waals surface area contributed by atoms with Gasteiger partial charge in [-0.25, -0.2) is 0 Å². The minimum absolute atomic E-state index is 0.0469. The minimum Gasteiger partial charge on any atom is -0.394 e. The van der Waals surface area contributed by atoms with Crippen molar-refractivity contribution in [2.45, 2.75) is 45.1 Å². The van der Waals surface area contributed by atoms with Crippen molar-refractivity contribution >= 4 is 11.8 Å². The maximum atomic E-state index is 11.5. The van der Waals surface area contributed by atoms with Gasteiger partial charge in [-0.1, -0.05) is 6.42 Å². The molecule has 0 aliphatic heterocycles. The lowest BCUT2D eigenvalue weighted by molar-refractivity contribution is -0.124. The summed E-state index contributed by atoms with van der Waals surface area (Å²) < 4.78 is 0. The lowest BCUT2D eigenvalue weighted by Crippen LogP contribution is -2.51. The zero-order valence-electron chi connectivity index (χ0n) is 11.2. The van der Waals surface area contributed by atoms with Gasteiger partial charge >= 0.3 is 0 Å². The Morgan fingerprint density at radius 2 is 1.72 bits per heavy atom. The number of carbonyl (C=O) groups excluding carboxylic acids is 2. The van der Waals surface area contributed by atoms with Gasteiger partial charge in [0, 0.05) is 19.9 Å². The molecular weight excluding hydrogens is 236 g/mol. The lowest BCUT2D eigenvalue weighted by Gasteiger charge is -2.26. The highest BCUT2D eigenvalue weighted by Crippen LogP contribution is 2.04. The molecule has 0 unspecified atom stereocenters. The first-order valence-electron chi connectivity index (χ1n) is 6.20. The van der Waals surface area contributed by atoms with E-state index in [1.165, 1.54) is 6.92 Å². The van der Waals surface area contributed by atoms with Crippen molar-refractivity contribution in [1.29, 1.82) is 0 Å². The van der Waals surface area contributed by atoms with Crippen LogP contribution in [0.1, 0.15) is 39.5 Å². The number of unbranched alkanes of at least 4 members (excludes halogenated alkanes) is 2. The van der Waals surface area contributed by atoms with Crippen LogP contribution in [-0.4, -0.2) is 47.3 Å². The summed E-state index contributed by atoms with van der Waals surface area (Å²) in [6.07, 6.45) is 2.76. The standard InChI is InChI=1S/C12H24N2O4/c1-10(17)13-7-5-3-4-6-11(18)14-12(2,8-15)9-16/h15-16H,3-9H2,1-2H3,(H,13,17)(H,14,18). The van der Waals surface area contributed by atoms with Crippen molar-refractivity contribution in [2.24, 2.45) is 0 Å². The predicted molar refractivity (Wildman–Crippen MR) is 67.9 cm³/mol. The van der Waals surface area contributed by atoms with Gasteiger partial charge in [-0.3, -0.25) is 9.59 Å². The molecule has 0 spiro atoms. The van der Waals surface area contributed by atoms with Crippen molar-refractivity contribution in [3.8, 4) is 0 Å². The summed E-state index contributed by atoms with van der Waals surface area (Å²) in [4.78, 5) is 22.1. The number of aliphatic hydroxyl groups is 2. The Labute approximate surface area is 108 Å². The summed E-state index contributed by atoms with van der Waals surface area (Å²) in [7, 11) is 0. The number of aliphatic hydroxyl groups excluding tert-OH is 2. The highest BCUT2D eigenvalue weighted by atomic mass is 16.3. The number of carbonyl (C=O) groups is 2. The van der Waals surface area contributed by atoms with Crippen molar-refractivity contribution in [3.63, 3.8) is 0 Å². The predicted octanol–water partition coefficient (Wildman–Crippen LogP) is -0.458. The van der Waals surface area contributed by atoms with Crippen LogP contribution in [0.4, 0.5) is 0 Å². The number of amides is 2. The quantitative estimate of drug-likeness (QED) is 0.422. The van der Waals surface area contributed by atoms with E-state index in [0.717, 1.165) is 19.3 Å². The monoisotopic (exact) mass is 260 g/mol. The average molecular weight is 260 g/mol. The van der Waals surface area contributed by atoms with Crippen molar-refractivity contribution in [3.05, 3.63) is 0 Å². The maximum absolute atomic E-state index is 11.5. The van der Waals surface area contributed by atoms with Crippen LogP contribution in [0, 0.1) is 0 Å². The molecule has 106 valence electrons. The third-order valence-corrected chi connectivity index (χ3v) is 2.59. The molecule has 0 saturated heterocycles. The topological polar surface area (TPSA) is 98.7 Å². The van der Waals surface area contributed by atoms with Crippen molar-refractivity contribution in [1.82, 2.24) is 10.6 Å². The van der Waals surface area contributed by atoms with Gasteiger partial charge in [0.15, 0.2) is 0 Å². The normalized spacial score (nSPS) is 11.1. The molecule has 6 heteroatoms. The summed E-state index contributed by atoms with van der Waals surface area (Å²) in [5.74, 6) is -0.227. The summed E-state index contributed by atoms with van der Waals surface area (Å²) in [5.41, 5.74) is -0.951. The third kappa shape index (κ3) is 8.03. The highest BCUT2D eigenvalue weighted by Gasteiger charge is 2.23. The number of rotatable bonds is 9. The largest absolute Gasteiger partial charge is 0.394 e.